The lowest BCUT2D eigenvalue weighted by Gasteiger charge is -2.44. The van der Waals surface area contributed by atoms with Gasteiger partial charge in [-0.15, -0.1) is 0 Å². The number of likely N-dealkylation sites (tertiary alicyclic amines) is 1. The van der Waals surface area contributed by atoms with Gasteiger partial charge in [0.05, 0.1) is 13.5 Å². The molecule has 0 aromatic heterocycles. The van der Waals surface area contributed by atoms with Gasteiger partial charge in [-0.25, -0.2) is 0 Å². The van der Waals surface area contributed by atoms with Gasteiger partial charge in [-0.1, -0.05) is 12.1 Å². The molecule has 0 aliphatic carbocycles. The first-order valence-corrected chi connectivity index (χ1v) is 9.86. The van der Waals surface area contributed by atoms with Gasteiger partial charge in [0.15, 0.2) is 0 Å². The highest BCUT2D eigenvalue weighted by Crippen LogP contribution is 2.24. The van der Waals surface area contributed by atoms with E-state index in [2.05, 4.69) is 0 Å². The van der Waals surface area contributed by atoms with Crippen LogP contribution in [-0.4, -0.2) is 67.1 Å². The van der Waals surface area contributed by atoms with Crippen molar-refractivity contribution in [3.8, 4) is 5.75 Å². The first-order chi connectivity index (χ1) is 13.1. The minimum Gasteiger partial charge on any atom is -0.497 e. The van der Waals surface area contributed by atoms with Gasteiger partial charge >= 0.3 is 0 Å². The van der Waals surface area contributed by atoms with E-state index in [1.807, 2.05) is 34.1 Å². The Labute approximate surface area is 161 Å². The Balaban J connectivity index is 1.64. The van der Waals surface area contributed by atoms with Crippen LogP contribution < -0.4 is 4.74 Å². The third-order valence-electron chi connectivity index (χ3n) is 5.58. The van der Waals surface area contributed by atoms with Gasteiger partial charge in [0.2, 0.25) is 11.8 Å². The van der Waals surface area contributed by atoms with Crippen molar-refractivity contribution in [1.29, 1.82) is 0 Å². The number of hydrogen-bond acceptors (Lipinski definition) is 4. The van der Waals surface area contributed by atoms with E-state index in [0.717, 1.165) is 43.5 Å². The second kappa shape index (κ2) is 9.22. The lowest BCUT2D eigenvalue weighted by molar-refractivity contribution is -0.142. The summed E-state index contributed by atoms with van der Waals surface area (Å²) in [5.74, 6) is 0.983. The molecule has 0 spiro atoms. The van der Waals surface area contributed by atoms with Crippen LogP contribution >= 0.6 is 0 Å². The van der Waals surface area contributed by atoms with Gasteiger partial charge in [-0.2, -0.15) is 0 Å². The van der Waals surface area contributed by atoms with Crippen molar-refractivity contribution in [1.82, 2.24) is 9.80 Å². The lowest BCUT2D eigenvalue weighted by Crippen LogP contribution is -2.55. The summed E-state index contributed by atoms with van der Waals surface area (Å²) in [5.41, 5.74) is 0.953. The molecule has 0 radical (unpaired) electrons. The molecule has 2 aliphatic heterocycles. The maximum absolute atomic E-state index is 12.8. The Morgan fingerprint density at radius 2 is 2.00 bits per heavy atom. The van der Waals surface area contributed by atoms with Crippen molar-refractivity contribution in [2.75, 3.05) is 33.4 Å². The van der Waals surface area contributed by atoms with E-state index in [0.29, 0.717) is 26.2 Å². The molecule has 0 bridgehead atoms. The summed E-state index contributed by atoms with van der Waals surface area (Å²) in [6.45, 7) is 4.45. The van der Waals surface area contributed by atoms with Gasteiger partial charge < -0.3 is 19.3 Å². The summed E-state index contributed by atoms with van der Waals surface area (Å²) in [7, 11) is 1.63. The molecule has 0 saturated carbocycles. The zero-order valence-corrected chi connectivity index (χ0v) is 16.4. The van der Waals surface area contributed by atoms with Crippen molar-refractivity contribution in [3.05, 3.63) is 29.8 Å². The van der Waals surface area contributed by atoms with Crippen LogP contribution in [0.3, 0.4) is 0 Å². The molecule has 2 fully saturated rings. The van der Waals surface area contributed by atoms with E-state index in [1.54, 1.807) is 14.0 Å². The molecular weight excluding hydrogens is 344 g/mol. The van der Waals surface area contributed by atoms with Gasteiger partial charge in [-0.05, 0) is 43.4 Å². The van der Waals surface area contributed by atoms with Crippen molar-refractivity contribution in [2.45, 2.75) is 51.1 Å². The number of hydrogen-bond donors (Lipinski definition) is 0. The fourth-order valence-electron chi connectivity index (χ4n) is 4.25. The summed E-state index contributed by atoms with van der Waals surface area (Å²) in [4.78, 5) is 29.1. The molecular formula is C21H30N2O4. The van der Waals surface area contributed by atoms with Crippen LogP contribution in [0.4, 0.5) is 0 Å². The second-order valence-electron chi connectivity index (χ2n) is 7.43. The Morgan fingerprint density at radius 1 is 1.22 bits per heavy atom. The molecule has 2 heterocycles. The van der Waals surface area contributed by atoms with E-state index in [-0.39, 0.29) is 23.9 Å². The van der Waals surface area contributed by atoms with Crippen molar-refractivity contribution >= 4 is 11.8 Å². The van der Waals surface area contributed by atoms with E-state index in [1.165, 1.54) is 0 Å². The number of carbonyl (C=O) groups excluding carboxylic acids is 2. The zero-order valence-electron chi connectivity index (χ0n) is 16.4. The number of carbonyl (C=O) groups is 2. The summed E-state index contributed by atoms with van der Waals surface area (Å²) < 4.78 is 10.7. The van der Waals surface area contributed by atoms with Gasteiger partial charge in [0.1, 0.15) is 5.75 Å². The van der Waals surface area contributed by atoms with Crippen LogP contribution in [0, 0.1) is 0 Å². The molecule has 2 saturated heterocycles. The predicted molar refractivity (Wildman–Crippen MR) is 103 cm³/mol. The average Bonchev–Trinajstić information content (AvgIpc) is 2.69. The number of benzene rings is 1. The van der Waals surface area contributed by atoms with Gasteiger partial charge in [0.25, 0.3) is 0 Å². The molecule has 6 nitrogen and oxygen atoms in total. The number of ether oxygens (including phenoxy) is 2. The average molecular weight is 374 g/mol. The summed E-state index contributed by atoms with van der Waals surface area (Å²) in [6.07, 6.45) is 4.02. The lowest BCUT2D eigenvalue weighted by atomic mass is 9.98. The van der Waals surface area contributed by atoms with Crippen molar-refractivity contribution < 1.29 is 19.1 Å². The van der Waals surface area contributed by atoms with Crippen LogP contribution in [0.15, 0.2) is 24.3 Å². The van der Waals surface area contributed by atoms with Crippen LogP contribution in [0.2, 0.25) is 0 Å². The zero-order chi connectivity index (χ0) is 19.2. The molecule has 148 valence electrons. The molecule has 6 heteroatoms. The molecule has 27 heavy (non-hydrogen) atoms. The highest BCUT2D eigenvalue weighted by molar-refractivity contribution is 5.79. The Bertz CT molecular complexity index is 657. The smallest absolute Gasteiger partial charge is 0.227 e. The van der Waals surface area contributed by atoms with Gasteiger partial charge in [-0.3, -0.25) is 9.59 Å². The van der Waals surface area contributed by atoms with Crippen LogP contribution in [0.5, 0.6) is 5.75 Å². The number of piperidine rings is 1. The summed E-state index contributed by atoms with van der Waals surface area (Å²) >= 11 is 0. The second-order valence-corrected chi connectivity index (χ2v) is 7.43. The topological polar surface area (TPSA) is 59.1 Å². The largest absolute Gasteiger partial charge is 0.497 e. The number of methoxy groups -OCH3 is 1. The molecule has 0 N–H and O–H groups in total. The van der Waals surface area contributed by atoms with Crippen LogP contribution in [0.1, 0.15) is 38.2 Å². The Kier molecular flexibility index (Phi) is 6.72. The van der Waals surface area contributed by atoms with Crippen LogP contribution in [0.25, 0.3) is 0 Å². The first kappa shape index (κ1) is 19.7. The fourth-order valence-corrected chi connectivity index (χ4v) is 4.25. The minimum absolute atomic E-state index is 0.105. The number of nitrogens with zero attached hydrogens (tertiary/aromatic N) is 2. The third kappa shape index (κ3) is 5.01. The van der Waals surface area contributed by atoms with E-state index < -0.39 is 0 Å². The van der Waals surface area contributed by atoms with Crippen molar-refractivity contribution in [2.24, 2.45) is 0 Å². The maximum Gasteiger partial charge on any atom is 0.227 e. The van der Waals surface area contributed by atoms with E-state index >= 15 is 0 Å². The highest BCUT2D eigenvalue weighted by atomic mass is 16.5. The van der Waals surface area contributed by atoms with E-state index in [9.17, 15) is 9.59 Å². The summed E-state index contributed by atoms with van der Waals surface area (Å²) in [5, 5.41) is 0. The monoisotopic (exact) mass is 374 g/mol. The first-order valence-electron chi connectivity index (χ1n) is 9.86. The molecule has 1 aromatic rings. The standard InChI is InChI=1S/C21H30N2O4/c1-16(24)23(18-8-11-27-12-9-18)19-6-4-10-22(15-19)21(25)14-17-5-3-7-20(13-17)26-2/h3,5,7,13,18-19H,4,6,8-12,14-15H2,1-2H3. The number of amides is 2. The van der Waals surface area contributed by atoms with Crippen molar-refractivity contribution in [3.63, 3.8) is 0 Å². The normalized spacial score (nSPS) is 21.0. The summed E-state index contributed by atoms with van der Waals surface area (Å²) in [6, 6.07) is 7.98. The number of rotatable bonds is 5. The highest BCUT2D eigenvalue weighted by Gasteiger charge is 2.34. The fraction of sp³-hybridized carbons (Fsp3) is 0.619. The Hall–Kier alpha value is -2.08. The SMILES string of the molecule is COc1cccc(CC(=O)N2CCCC(N(C(C)=O)C3CCOCC3)C2)c1. The Morgan fingerprint density at radius 3 is 2.70 bits per heavy atom. The maximum atomic E-state index is 12.8. The van der Waals surface area contributed by atoms with Crippen LogP contribution in [-0.2, 0) is 20.7 Å². The molecule has 1 atom stereocenters. The molecule has 2 aliphatic rings. The molecule has 1 aromatic carbocycles. The molecule has 3 rings (SSSR count). The minimum atomic E-state index is 0.105. The third-order valence-corrected chi connectivity index (χ3v) is 5.58. The van der Waals surface area contributed by atoms with Gasteiger partial charge in [0, 0.05) is 45.3 Å². The molecule has 1 unspecified atom stereocenters. The quantitative estimate of drug-likeness (QED) is 0.793. The molecule has 2 amide bonds. The predicted octanol–water partition coefficient (Wildman–Crippen LogP) is 2.26. The van der Waals surface area contributed by atoms with E-state index in [4.69, 9.17) is 9.47 Å².